The minimum absolute atomic E-state index is 0.0182. The molecular formula is C18H16N2O4S. The molecule has 0 saturated carbocycles. The molecule has 2 aromatic carbocycles. The number of hydrogen-bond acceptors (Lipinski definition) is 4. The molecule has 1 aliphatic heterocycles. The molecule has 0 aromatic heterocycles. The van der Waals surface area contributed by atoms with Gasteiger partial charge in [-0.2, -0.15) is 0 Å². The topological polar surface area (TPSA) is 80.5 Å². The molecule has 0 radical (unpaired) electrons. The van der Waals surface area contributed by atoms with Gasteiger partial charge >= 0.3 is 0 Å². The standard InChI is InChI=1S/C18H16N2O4S/c1-2-14-12-18(15-6-4-3-5-7-15)19(13-14)25(23,24)17-10-8-16(9-11-17)20(21)22/h2-12,14H,1,13H2/t14-/m0/s1. The maximum absolute atomic E-state index is 13.0. The third-order valence-corrected chi connectivity index (χ3v) is 5.82. The summed E-state index contributed by atoms with van der Waals surface area (Å²) in [5.74, 6) is -0.0944. The highest BCUT2D eigenvalue weighted by atomic mass is 32.2. The van der Waals surface area contributed by atoms with Crippen molar-refractivity contribution in [3.63, 3.8) is 0 Å². The van der Waals surface area contributed by atoms with Crippen LogP contribution < -0.4 is 0 Å². The van der Waals surface area contributed by atoms with Gasteiger partial charge in [-0.15, -0.1) is 6.58 Å². The van der Waals surface area contributed by atoms with Gasteiger partial charge in [-0.1, -0.05) is 42.5 Å². The first kappa shape index (κ1) is 16.9. The summed E-state index contributed by atoms with van der Waals surface area (Å²) in [5, 5.41) is 10.8. The largest absolute Gasteiger partial charge is 0.269 e. The van der Waals surface area contributed by atoms with Crippen molar-refractivity contribution in [3.05, 3.63) is 89.0 Å². The molecule has 0 N–H and O–H groups in total. The molecule has 0 spiro atoms. The molecule has 1 atom stereocenters. The van der Waals surface area contributed by atoms with Gasteiger partial charge in [0.2, 0.25) is 0 Å². The predicted octanol–water partition coefficient (Wildman–Crippen LogP) is 3.44. The van der Waals surface area contributed by atoms with Crippen LogP contribution >= 0.6 is 0 Å². The van der Waals surface area contributed by atoms with E-state index in [1.165, 1.54) is 28.6 Å². The average molecular weight is 356 g/mol. The smallest absolute Gasteiger partial charge is 0.265 e. The molecule has 0 aliphatic carbocycles. The predicted molar refractivity (Wildman–Crippen MR) is 95.1 cm³/mol. The quantitative estimate of drug-likeness (QED) is 0.467. The van der Waals surface area contributed by atoms with Gasteiger partial charge in [0, 0.05) is 24.6 Å². The molecule has 1 heterocycles. The maximum Gasteiger partial charge on any atom is 0.269 e. The number of non-ortho nitro benzene ring substituents is 1. The summed E-state index contributed by atoms with van der Waals surface area (Å²) >= 11 is 0. The monoisotopic (exact) mass is 356 g/mol. The van der Waals surface area contributed by atoms with Crippen LogP contribution in [-0.4, -0.2) is 24.2 Å². The second-order valence-corrected chi connectivity index (χ2v) is 7.47. The van der Waals surface area contributed by atoms with Crippen molar-refractivity contribution in [1.82, 2.24) is 4.31 Å². The Hall–Kier alpha value is -2.93. The Morgan fingerprint density at radius 1 is 1.12 bits per heavy atom. The van der Waals surface area contributed by atoms with Crippen molar-refractivity contribution in [3.8, 4) is 0 Å². The zero-order chi connectivity index (χ0) is 18.0. The van der Waals surface area contributed by atoms with E-state index in [1.54, 1.807) is 6.08 Å². The van der Waals surface area contributed by atoms with Gasteiger partial charge in [0.15, 0.2) is 0 Å². The van der Waals surface area contributed by atoms with E-state index in [-0.39, 0.29) is 23.0 Å². The summed E-state index contributed by atoms with van der Waals surface area (Å²) in [6, 6.07) is 14.1. The van der Waals surface area contributed by atoms with Gasteiger partial charge in [-0.25, -0.2) is 8.42 Å². The number of nitro benzene ring substituents is 1. The van der Waals surface area contributed by atoms with Crippen molar-refractivity contribution in [1.29, 1.82) is 0 Å². The van der Waals surface area contributed by atoms with Crippen molar-refractivity contribution >= 4 is 21.4 Å². The molecule has 0 saturated heterocycles. The van der Waals surface area contributed by atoms with E-state index in [0.717, 1.165) is 5.56 Å². The highest BCUT2D eigenvalue weighted by molar-refractivity contribution is 7.89. The maximum atomic E-state index is 13.0. The zero-order valence-electron chi connectivity index (χ0n) is 13.3. The lowest BCUT2D eigenvalue weighted by Gasteiger charge is -2.23. The van der Waals surface area contributed by atoms with E-state index in [2.05, 4.69) is 6.58 Å². The van der Waals surface area contributed by atoms with Crippen LogP contribution in [0.3, 0.4) is 0 Å². The number of rotatable bonds is 5. The molecular weight excluding hydrogens is 340 g/mol. The van der Waals surface area contributed by atoms with Crippen LogP contribution in [0.1, 0.15) is 5.56 Å². The summed E-state index contributed by atoms with van der Waals surface area (Å²) in [5.41, 5.74) is 1.23. The number of sulfonamides is 1. The molecule has 7 heteroatoms. The molecule has 2 aromatic rings. The van der Waals surface area contributed by atoms with Gasteiger partial charge in [0.1, 0.15) is 0 Å². The second-order valence-electron chi connectivity index (χ2n) is 5.60. The van der Waals surface area contributed by atoms with Gasteiger partial charge in [-0.05, 0) is 17.7 Å². The zero-order valence-corrected chi connectivity index (χ0v) is 14.1. The van der Waals surface area contributed by atoms with Crippen molar-refractivity contribution in [2.45, 2.75) is 4.90 Å². The van der Waals surface area contributed by atoms with Crippen LogP contribution in [0, 0.1) is 16.0 Å². The summed E-state index contributed by atoms with van der Waals surface area (Å²) in [6.45, 7) is 4.01. The van der Waals surface area contributed by atoms with E-state index in [0.29, 0.717) is 5.70 Å². The first-order chi connectivity index (χ1) is 11.9. The fourth-order valence-corrected chi connectivity index (χ4v) is 4.24. The van der Waals surface area contributed by atoms with Gasteiger partial charge in [-0.3, -0.25) is 14.4 Å². The van der Waals surface area contributed by atoms with Gasteiger partial charge in [0.25, 0.3) is 15.7 Å². The minimum Gasteiger partial charge on any atom is -0.265 e. The molecule has 3 rings (SSSR count). The van der Waals surface area contributed by atoms with Crippen LogP contribution in [0.4, 0.5) is 5.69 Å². The first-order valence-electron chi connectivity index (χ1n) is 7.60. The fraction of sp³-hybridized carbons (Fsp3) is 0.111. The van der Waals surface area contributed by atoms with Crippen LogP contribution in [0.2, 0.25) is 0 Å². The molecule has 0 bridgehead atoms. The molecule has 6 nitrogen and oxygen atoms in total. The highest BCUT2D eigenvalue weighted by Crippen LogP contribution is 2.34. The minimum atomic E-state index is -3.83. The van der Waals surface area contributed by atoms with E-state index in [4.69, 9.17) is 0 Å². The Balaban J connectivity index is 2.02. The Morgan fingerprint density at radius 3 is 2.32 bits per heavy atom. The highest BCUT2D eigenvalue weighted by Gasteiger charge is 2.33. The van der Waals surface area contributed by atoms with Gasteiger partial charge in [0.05, 0.1) is 15.5 Å². The average Bonchev–Trinajstić information content (AvgIpc) is 3.08. The SMILES string of the molecule is C=C[C@H]1C=C(c2ccccc2)N(S(=O)(=O)c2ccc([N+](=O)[O-])cc2)C1. The van der Waals surface area contributed by atoms with E-state index >= 15 is 0 Å². The Kier molecular flexibility index (Phi) is 4.41. The lowest BCUT2D eigenvalue weighted by Crippen LogP contribution is -2.29. The van der Waals surface area contributed by atoms with E-state index in [9.17, 15) is 18.5 Å². The Bertz CT molecular complexity index is 935. The van der Waals surface area contributed by atoms with Crippen LogP contribution in [0.5, 0.6) is 0 Å². The number of nitrogens with zero attached hydrogens (tertiary/aromatic N) is 2. The van der Waals surface area contributed by atoms with Crippen LogP contribution in [0.25, 0.3) is 5.70 Å². The number of benzene rings is 2. The fourth-order valence-electron chi connectivity index (χ4n) is 2.71. The molecule has 1 aliphatic rings. The third kappa shape index (κ3) is 3.18. The van der Waals surface area contributed by atoms with Crippen molar-refractivity contribution in [2.75, 3.05) is 6.54 Å². The first-order valence-corrected chi connectivity index (χ1v) is 9.04. The third-order valence-electron chi connectivity index (χ3n) is 4.03. The molecule has 0 fully saturated rings. The molecule has 128 valence electrons. The van der Waals surface area contributed by atoms with E-state index in [1.807, 2.05) is 36.4 Å². The lowest BCUT2D eigenvalue weighted by atomic mass is 10.1. The van der Waals surface area contributed by atoms with Crippen molar-refractivity contribution in [2.24, 2.45) is 5.92 Å². The summed E-state index contributed by atoms with van der Waals surface area (Å²) in [7, 11) is -3.83. The Labute approximate surface area is 145 Å². The van der Waals surface area contributed by atoms with Crippen LogP contribution in [-0.2, 0) is 10.0 Å². The Morgan fingerprint density at radius 2 is 1.76 bits per heavy atom. The number of hydrogen-bond donors (Lipinski definition) is 0. The lowest BCUT2D eigenvalue weighted by molar-refractivity contribution is -0.384. The van der Waals surface area contributed by atoms with E-state index < -0.39 is 14.9 Å². The molecule has 0 amide bonds. The summed E-state index contributed by atoms with van der Waals surface area (Å²) < 4.78 is 27.4. The van der Waals surface area contributed by atoms with Crippen molar-refractivity contribution < 1.29 is 13.3 Å². The normalized spacial score (nSPS) is 17.2. The second kappa shape index (κ2) is 6.52. The number of nitro groups is 1. The summed E-state index contributed by atoms with van der Waals surface area (Å²) in [6.07, 6.45) is 3.57. The summed E-state index contributed by atoms with van der Waals surface area (Å²) in [4.78, 5) is 10.2. The molecule has 0 unspecified atom stereocenters. The molecule has 25 heavy (non-hydrogen) atoms. The van der Waals surface area contributed by atoms with Crippen LogP contribution in [0.15, 0.2) is 78.2 Å². The van der Waals surface area contributed by atoms with Gasteiger partial charge < -0.3 is 0 Å².